The number of sulfonamides is 1. The van der Waals surface area contributed by atoms with Gasteiger partial charge in [0.15, 0.2) is 0 Å². The molecular weight excluding hydrogens is 408 g/mol. The Morgan fingerprint density at radius 3 is 2.48 bits per heavy atom. The molecule has 0 aliphatic carbocycles. The predicted octanol–water partition coefficient (Wildman–Crippen LogP) is 4.32. The third-order valence-electron chi connectivity index (χ3n) is 5.71. The van der Waals surface area contributed by atoms with E-state index in [1.54, 1.807) is 12.1 Å². The number of nitrogens with zero attached hydrogens (tertiary/aromatic N) is 1. The van der Waals surface area contributed by atoms with E-state index < -0.39 is 10.0 Å². The van der Waals surface area contributed by atoms with Crippen molar-refractivity contribution >= 4 is 21.6 Å². The summed E-state index contributed by atoms with van der Waals surface area (Å²) in [4.78, 5) is 15.2. The summed E-state index contributed by atoms with van der Waals surface area (Å²) in [6.07, 6.45) is 1.42. The van der Waals surface area contributed by atoms with Gasteiger partial charge in [-0.25, -0.2) is 13.1 Å². The van der Waals surface area contributed by atoms with Crippen LogP contribution in [0.15, 0.2) is 77.7 Å². The lowest BCUT2D eigenvalue weighted by atomic mass is 10.1. The highest BCUT2D eigenvalue weighted by Crippen LogP contribution is 2.34. The maximum atomic E-state index is 13.1. The van der Waals surface area contributed by atoms with Crippen LogP contribution < -0.4 is 9.62 Å². The molecule has 6 heteroatoms. The first kappa shape index (κ1) is 21.3. The molecule has 3 aromatic carbocycles. The van der Waals surface area contributed by atoms with Crippen molar-refractivity contribution in [3.05, 3.63) is 95.1 Å². The fourth-order valence-electron chi connectivity index (χ4n) is 4.11. The molecule has 0 fully saturated rings. The van der Waals surface area contributed by atoms with Crippen molar-refractivity contribution in [3.8, 4) is 0 Å². The highest BCUT2D eigenvalue weighted by atomic mass is 32.2. The Morgan fingerprint density at radius 1 is 1.03 bits per heavy atom. The SMILES string of the molecule is CCc1ccccc1S(=O)(=O)NCc1ccc2c(c1)N(C(=O)c1ccccc1)[C@H](C)C2. The van der Waals surface area contributed by atoms with Gasteiger partial charge in [0.2, 0.25) is 10.0 Å². The van der Waals surface area contributed by atoms with E-state index >= 15 is 0 Å². The molecule has 0 spiro atoms. The Kier molecular flexibility index (Phi) is 5.94. The van der Waals surface area contributed by atoms with Crippen LogP contribution >= 0.6 is 0 Å². The van der Waals surface area contributed by atoms with E-state index in [0.717, 1.165) is 28.8 Å². The van der Waals surface area contributed by atoms with Crippen molar-refractivity contribution in [2.45, 2.75) is 44.2 Å². The number of amides is 1. The summed E-state index contributed by atoms with van der Waals surface area (Å²) in [6, 6.07) is 22.2. The van der Waals surface area contributed by atoms with Crippen LogP contribution in [0.2, 0.25) is 0 Å². The first-order chi connectivity index (χ1) is 14.9. The average molecular weight is 435 g/mol. The molecule has 1 aliphatic heterocycles. The van der Waals surface area contributed by atoms with Crippen LogP contribution in [-0.4, -0.2) is 20.4 Å². The van der Waals surface area contributed by atoms with Crippen LogP contribution in [-0.2, 0) is 29.4 Å². The summed E-state index contributed by atoms with van der Waals surface area (Å²) in [5.41, 5.74) is 4.20. The van der Waals surface area contributed by atoms with Gasteiger partial charge in [0.05, 0.1) is 4.90 Å². The number of anilines is 1. The largest absolute Gasteiger partial charge is 0.305 e. The van der Waals surface area contributed by atoms with Crippen molar-refractivity contribution in [3.63, 3.8) is 0 Å². The molecule has 1 amide bonds. The Balaban J connectivity index is 1.57. The summed E-state index contributed by atoms with van der Waals surface area (Å²) in [6.45, 7) is 4.13. The minimum Gasteiger partial charge on any atom is -0.305 e. The third-order valence-corrected chi connectivity index (χ3v) is 7.22. The zero-order valence-corrected chi connectivity index (χ0v) is 18.5. The van der Waals surface area contributed by atoms with Gasteiger partial charge in [0.1, 0.15) is 0 Å². The van der Waals surface area contributed by atoms with Crippen molar-refractivity contribution < 1.29 is 13.2 Å². The summed E-state index contributed by atoms with van der Waals surface area (Å²) in [5, 5.41) is 0. The van der Waals surface area contributed by atoms with Gasteiger partial charge in [-0.1, -0.05) is 55.5 Å². The Labute approximate surface area is 183 Å². The van der Waals surface area contributed by atoms with Crippen molar-refractivity contribution in [2.75, 3.05) is 4.90 Å². The van der Waals surface area contributed by atoms with Gasteiger partial charge in [-0.05, 0) is 60.7 Å². The standard InChI is InChI=1S/C25H26N2O3S/c1-3-20-9-7-8-12-24(20)31(29,30)26-17-19-13-14-22-15-18(2)27(23(22)16-19)25(28)21-10-5-4-6-11-21/h4-14,16,18,26H,3,15,17H2,1-2H3/t18-/m1/s1. The van der Waals surface area contributed by atoms with E-state index in [1.165, 1.54) is 0 Å². The first-order valence-corrected chi connectivity index (χ1v) is 12.0. The van der Waals surface area contributed by atoms with E-state index in [0.29, 0.717) is 16.9 Å². The number of hydrogen-bond donors (Lipinski definition) is 1. The molecule has 0 saturated heterocycles. The molecule has 3 aromatic rings. The lowest BCUT2D eigenvalue weighted by molar-refractivity contribution is 0.0981. The second-order valence-electron chi connectivity index (χ2n) is 7.84. The van der Waals surface area contributed by atoms with Crippen molar-refractivity contribution in [1.82, 2.24) is 4.72 Å². The maximum absolute atomic E-state index is 13.1. The van der Waals surface area contributed by atoms with Gasteiger partial charge in [-0.3, -0.25) is 4.79 Å². The summed E-state index contributed by atoms with van der Waals surface area (Å²) in [5.74, 6) is -0.0403. The first-order valence-electron chi connectivity index (χ1n) is 10.5. The molecule has 0 radical (unpaired) electrons. The molecule has 4 rings (SSSR count). The zero-order valence-electron chi connectivity index (χ0n) is 17.7. The molecule has 1 heterocycles. The van der Waals surface area contributed by atoms with Gasteiger partial charge in [-0.15, -0.1) is 0 Å². The molecule has 1 aliphatic rings. The zero-order chi connectivity index (χ0) is 22.0. The summed E-state index contributed by atoms with van der Waals surface area (Å²) >= 11 is 0. The fraction of sp³-hybridized carbons (Fsp3) is 0.240. The number of fused-ring (bicyclic) bond motifs is 1. The summed E-state index contributed by atoms with van der Waals surface area (Å²) in [7, 11) is -3.63. The molecule has 0 bridgehead atoms. The van der Waals surface area contributed by atoms with Gasteiger partial charge in [0, 0.05) is 23.8 Å². The second-order valence-corrected chi connectivity index (χ2v) is 9.58. The van der Waals surface area contributed by atoms with E-state index in [1.807, 2.05) is 79.4 Å². The van der Waals surface area contributed by atoms with Crippen LogP contribution in [0.4, 0.5) is 5.69 Å². The number of benzene rings is 3. The van der Waals surface area contributed by atoms with Gasteiger partial charge < -0.3 is 4.90 Å². The van der Waals surface area contributed by atoms with Gasteiger partial charge in [0.25, 0.3) is 5.91 Å². The molecular formula is C25H26N2O3S. The van der Waals surface area contributed by atoms with Gasteiger partial charge >= 0.3 is 0 Å². The number of rotatable bonds is 6. The predicted molar refractivity (Wildman–Crippen MR) is 123 cm³/mol. The molecule has 1 N–H and O–H groups in total. The molecule has 0 unspecified atom stereocenters. The topological polar surface area (TPSA) is 66.5 Å². The van der Waals surface area contributed by atoms with E-state index in [2.05, 4.69) is 4.72 Å². The second kappa shape index (κ2) is 8.65. The quantitative estimate of drug-likeness (QED) is 0.628. The Bertz CT molecular complexity index is 1210. The van der Waals surface area contributed by atoms with E-state index in [-0.39, 0.29) is 18.5 Å². The van der Waals surface area contributed by atoms with Crippen LogP contribution in [0.5, 0.6) is 0 Å². The number of nitrogens with one attached hydrogen (secondary N) is 1. The molecule has 1 atom stereocenters. The Morgan fingerprint density at radius 2 is 1.74 bits per heavy atom. The van der Waals surface area contributed by atoms with Gasteiger partial charge in [-0.2, -0.15) is 0 Å². The maximum Gasteiger partial charge on any atom is 0.258 e. The fourth-order valence-corrected chi connectivity index (χ4v) is 5.43. The molecule has 31 heavy (non-hydrogen) atoms. The number of aryl methyl sites for hydroxylation is 1. The molecule has 0 saturated carbocycles. The van der Waals surface area contributed by atoms with Crippen LogP contribution in [0.25, 0.3) is 0 Å². The van der Waals surface area contributed by atoms with E-state index in [9.17, 15) is 13.2 Å². The van der Waals surface area contributed by atoms with Crippen LogP contribution in [0.1, 0.15) is 40.9 Å². The number of hydrogen-bond acceptors (Lipinski definition) is 3. The average Bonchev–Trinajstić information content (AvgIpc) is 3.12. The normalized spacial score (nSPS) is 15.7. The van der Waals surface area contributed by atoms with E-state index in [4.69, 9.17) is 0 Å². The molecule has 5 nitrogen and oxygen atoms in total. The lowest BCUT2D eigenvalue weighted by Gasteiger charge is -2.23. The minimum absolute atomic E-state index is 0.0403. The molecule has 0 aromatic heterocycles. The molecule has 160 valence electrons. The number of carbonyl (C=O) groups is 1. The Hall–Kier alpha value is -2.96. The third kappa shape index (κ3) is 4.27. The smallest absolute Gasteiger partial charge is 0.258 e. The lowest BCUT2D eigenvalue weighted by Crippen LogP contribution is -2.35. The summed E-state index contributed by atoms with van der Waals surface area (Å²) < 4.78 is 28.4. The van der Waals surface area contributed by atoms with Crippen LogP contribution in [0.3, 0.4) is 0 Å². The highest BCUT2D eigenvalue weighted by molar-refractivity contribution is 7.89. The monoisotopic (exact) mass is 434 g/mol. The van der Waals surface area contributed by atoms with Crippen molar-refractivity contribution in [1.29, 1.82) is 0 Å². The van der Waals surface area contributed by atoms with Crippen LogP contribution in [0, 0.1) is 0 Å². The number of carbonyl (C=O) groups excluding carboxylic acids is 1. The van der Waals surface area contributed by atoms with Crippen molar-refractivity contribution in [2.24, 2.45) is 0 Å². The minimum atomic E-state index is -3.63. The highest BCUT2D eigenvalue weighted by Gasteiger charge is 2.31.